The molecule has 1 aliphatic carbocycles. The summed E-state index contributed by atoms with van der Waals surface area (Å²) < 4.78 is 0. The molecule has 1 aromatic carbocycles. The number of allylic oxidation sites excluding steroid dienone is 2. The third-order valence-corrected chi connectivity index (χ3v) is 5.77. The minimum absolute atomic E-state index is 0.0701. The fraction of sp³-hybridized carbons (Fsp3) is 0.458. The van der Waals surface area contributed by atoms with Crippen LogP contribution in [-0.2, 0) is 11.2 Å². The van der Waals surface area contributed by atoms with Gasteiger partial charge < -0.3 is 15.3 Å². The fourth-order valence-corrected chi connectivity index (χ4v) is 4.10. The van der Waals surface area contributed by atoms with Gasteiger partial charge in [-0.2, -0.15) is 0 Å². The Morgan fingerprint density at radius 2 is 1.75 bits per heavy atom. The highest BCUT2D eigenvalue weighted by atomic mass is 16.4. The van der Waals surface area contributed by atoms with Crippen molar-refractivity contribution in [1.82, 2.24) is 0 Å². The number of hydrogen-bond acceptors (Lipinski definition) is 3. The Bertz CT molecular complexity index is 863. The maximum Gasteiger partial charge on any atom is 0.334 e. The Balaban J connectivity index is 2.71. The second-order valence-corrected chi connectivity index (χ2v) is 8.66. The van der Waals surface area contributed by atoms with Crippen LogP contribution in [0, 0.1) is 19.8 Å². The number of carbonyl (C=O) groups is 1. The van der Waals surface area contributed by atoms with Gasteiger partial charge in [-0.05, 0) is 88.3 Å². The predicted molar refractivity (Wildman–Crippen MR) is 113 cm³/mol. The SMILES string of the molecule is C=C1C/C(=C\C(C)(O)/C(=C\C)C(=O)O)c2cc(C)c(C)cc2CC1C(C)(C)O. The van der Waals surface area contributed by atoms with Crippen LogP contribution in [0.2, 0.25) is 0 Å². The molecule has 0 radical (unpaired) electrons. The molecule has 2 atom stereocenters. The van der Waals surface area contributed by atoms with E-state index in [4.69, 9.17) is 0 Å². The first-order valence-corrected chi connectivity index (χ1v) is 9.62. The van der Waals surface area contributed by atoms with Gasteiger partial charge in [0, 0.05) is 5.92 Å². The quantitative estimate of drug-likeness (QED) is 0.409. The van der Waals surface area contributed by atoms with Crippen LogP contribution in [0.1, 0.15) is 56.4 Å². The van der Waals surface area contributed by atoms with Crippen molar-refractivity contribution in [3.8, 4) is 0 Å². The maximum atomic E-state index is 11.6. The molecular weight excluding hydrogens is 352 g/mol. The first-order chi connectivity index (χ1) is 12.8. The summed E-state index contributed by atoms with van der Waals surface area (Å²) in [6, 6.07) is 4.21. The Morgan fingerprint density at radius 3 is 2.25 bits per heavy atom. The summed E-state index contributed by atoms with van der Waals surface area (Å²) in [6.07, 6.45) is 4.17. The first kappa shape index (κ1) is 22.1. The van der Waals surface area contributed by atoms with Gasteiger partial charge in [0.1, 0.15) is 5.60 Å². The first-order valence-electron chi connectivity index (χ1n) is 9.62. The highest BCUT2D eigenvalue weighted by molar-refractivity contribution is 5.90. The molecule has 0 amide bonds. The van der Waals surface area contributed by atoms with Crippen molar-refractivity contribution >= 4 is 11.5 Å². The van der Waals surface area contributed by atoms with Crippen LogP contribution >= 0.6 is 0 Å². The zero-order chi connectivity index (χ0) is 21.4. The van der Waals surface area contributed by atoms with E-state index in [1.165, 1.54) is 13.0 Å². The number of rotatable bonds is 4. The lowest BCUT2D eigenvalue weighted by molar-refractivity contribution is -0.134. The van der Waals surface area contributed by atoms with Crippen molar-refractivity contribution in [2.24, 2.45) is 5.92 Å². The normalized spacial score (nSPS) is 21.9. The van der Waals surface area contributed by atoms with Crippen LogP contribution in [-0.4, -0.2) is 32.5 Å². The molecule has 0 spiro atoms. The van der Waals surface area contributed by atoms with Crippen LogP contribution in [0.25, 0.3) is 5.57 Å². The molecule has 0 fully saturated rings. The second kappa shape index (κ2) is 7.69. The molecule has 0 aliphatic heterocycles. The largest absolute Gasteiger partial charge is 0.478 e. The molecule has 0 saturated heterocycles. The topological polar surface area (TPSA) is 77.8 Å². The van der Waals surface area contributed by atoms with Gasteiger partial charge in [0.25, 0.3) is 0 Å². The standard InChI is InChI=1S/C24H32O4/c1-8-20(22(25)26)24(7,28)13-18-10-16(4)21(23(5,6)27)12-17-9-14(2)15(3)11-19(17)18/h8-9,11,13,21,27-28H,4,10,12H2,1-3,5-7H3,(H,25,26)/b18-13+,20-8-. The van der Waals surface area contributed by atoms with Crippen molar-refractivity contribution in [2.45, 2.75) is 65.6 Å². The highest BCUT2D eigenvalue weighted by Crippen LogP contribution is 2.41. The van der Waals surface area contributed by atoms with Gasteiger partial charge in [-0.15, -0.1) is 0 Å². The van der Waals surface area contributed by atoms with E-state index < -0.39 is 17.2 Å². The van der Waals surface area contributed by atoms with E-state index in [1.54, 1.807) is 26.8 Å². The van der Waals surface area contributed by atoms with Crippen LogP contribution in [0.15, 0.2) is 42.0 Å². The molecule has 2 unspecified atom stereocenters. The van der Waals surface area contributed by atoms with E-state index in [0.29, 0.717) is 12.8 Å². The number of aryl methyl sites for hydroxylation is 2. The molecule has 3 N–H and O–H groups in total. The zero-order valence-electron chi connectivity index (χ0n) is 17.8. The summed E-state index contributed by atoms with van der Waals surface area (Å²) in [5.41, 5.74) is 3.43. The van der Waals surface area contributed by atoms with Crippen LogP contribution < -0.4 is 0 Å². The van der Waals surface area contributed by atoms with Crippen LogP contribution in [0.4, 0.5) is 0 Å². The lowest BCUT2D eigenvalue weighted by atomic mass is 9.80. The van der Waals surface area contributed by atoms with Gasteiger partial charge in [-0.1, -0.05) is 30.4 Å². The van der Waals surface area contributed by atoms with E-state index in [1.807, 2.05) is 6.92 Å². The average molecular weight is 385 g/mol. The average Bonchev–Trinajstić information content (AvgIpc) is 2.64. The number of hydrogen-bond donors (Lipinski definition) is 3. The summed E-state index contributed by atoms with van der Waals surface area (Å²) in [6.45, 7) is 15.0. The summed E-state index contributed by atoms with van der Waals surface area (Å²) in [7, 11) is 0. The Labute approximate surface area is 167 Å². The van der Waals surface area contributed by atoms with Crippen molar-refractivity contribution < 1.29 is 20.1 Å². The van der Waals surface area contributed by atoms with Crippen LogP contribution in [0.3, 0.4) is 0 Å². The lowest BCUT2D eigenvalue weighted by Gasteiger charge is -2.30. The summed E-state index contributed by atoms with van der Waals surface area (Å²) in [5.74, 6) is -1.28. The number of benzene rings is 1. The molecule has 0 aromatic heterocycles. The number of fused-ring (bicyclic) bond motifs is 1. The number of aliphatic carboxylic acids is 1. The van der Waals surface area contributed by atoms with Gasteiger partial charge in [0.05, 0.1) is 11.2 Å². The van der Waals surface area contributed by atoms with E-state index in [-0.39, 0.29) is 11.5 Å². The van der Waals surface area contributed by atoms with Crippen LogP contribution in [0.5, 0.6) is 0 Å². The minimum Gasteiger partial charge on any atom is -0.478 e. The number of aliphatic hydroxyl groups is 2. The summed E-state index contributed by atoms with van der Waals surface area (Å²) in [5, 5.41) is 31.1. The Kier molecular flexibility index (Phi) is 6.07. The van der Waals surface area contributed by atoms with Crippen molar-refractivity contribution in [2.75, 3.05) is 0 Å². The van der Waals surface area contributed by atoms with Crippen molar-refractivity contribution in [3.05, 3.63) is 64.3 Å². The fourth-order valence-electron chi connectivity index (χ4n) is 4.10. The van der Waals surface area contributed by atoms with Gasteiger partial charge in [0.2, 0.25) is 0 Å². The molecule has 1 aromatic rings. The van der Waals surface area contributed by atoms with Gasteiger partial charge in [-0.25, -0.2) is 4.79 Å². The number of carboxylic acid groups (broad SMARTS) is 1. The maximum absolute atomic E-state index is 11.6. The second-order valence-electron chi connectivity index (χ2n) is 8.66. The molecular formula is C24H32O4. The lowest BCUT2D eigenvalue weighted by Crippen LogP contribution is -2.33. The third kappa shape index (κ3) is 4.45. The zero-order valence-corrected chi connectivity index (χ0v) is 17.8. The minimum atomic E-state index is -1.62. The van der Waals surface area contributed by atoms with E-state index >= 15 is 0 Å². The summed E-state index contributed by atoms with van der Waals surface area (Å²) in [4.78, 5) is 11.6. The highest BCUT2D eigenvalue weighted by Gasteiger charge is 2.35. The Hall–Kier alpha value is -2.17. The third-order valence-electron chi connectivity index (χ3n) is 5.77. The van der Waals surface area contributed by atoms with E-state index in [0.717, 1.165) is 33.4 Å². The molecule has 1 aliphatic rings. The predicted octanol–water partition coefficient (Wildman–Crippen LogP) is 4.36. The summed E-state index contributed by atoms with van der Waals surface area (Å²) >= 11 is 0. The van der Waals surface area contributed by atoms with Gasteiger partial charge in [-0.3, -0.25) is 0 Å². The van der Waals surface area contributed by atoms with E-state index in [2.05, 4.69) is 25.6 Å². The number of carboxylic acids is 1. The molecule has 4 nitrogen and oxygen atoms in total. The molecule has 152 valence electrons. The molecule has 0 bridgehead atoms. The van der Waals surface area contributed by atoms with E-state index in [9.17, 15) is 20.1 Å². The molecule has 0 saturated carbocycles. The van der Waals surface area contributed by atoms with Crippen molar-refractivity contribution in [1.29, 1.82) is 0 Å². The van der Waals surface area contributed by atoms with Crippen molar-refractivity contribution in [3.63, 3.8) is 0 Å². The molecule has 2 rings (SSSR count). The Morgan fingerprint density at radius 1 is 1.18 bits per heavy atom. The molecule has 28 heavy (non-hydrogen) atoms. The van der Waals surface area contributed by atoms with Gasteiger partial charge >= 0.3 is 5.97 Å². The molecule has 4 heteroatoms. The van der Waals surface area contributed by atoms with Gasteiger partial charge in [0.15, 0.2) is 0 Å². The molecule has 0 heterocycles. The smallest absolute Gasteiger partial charge is 0.334 e. The monoisotopic (exact) mass is 384 g/mol.